The van der Waals surface area contributed by atoms with Crippen LogP contribution in [0, 0.1) is 10.1 Å². The molecule has 0 unspecified atom stereocenters. The first kappa shape index (κ1) is 19.1. The number of hydrogen-bond donors (Lipinski definition) is 1. The van der Waals surface area contributed by atoms with E-state index in [1.54, 1.807) is 30.3 Å². The Morgan fingerprint density at radius 2 is 2.04 bits per heavy atom. The Balaban J connectivity index is 1.54. The van der Waals surface area contributed by atoms with Gasteiger partial charge in [0.05, 0.1) is 11.1 Å². The van der Waals surface area contributed by atoms with Gasteiger partial charge in [0.15, 0.2) is 12.4 Å². The van der Waals surface area contributed by atoms with E-state index in [0.29, 0.717) is 16.5 Å². The third-order valence-corrected chi connectivity index (χ3v) is 3.77. The molecule has 1 heterocycles. The van der Waals surface area contributed by atoms with Crippen LogP contribution in [-0.4, -0.2) is 23.7 Å². The highest BCUT2D eigenvalue weighted by Gasteiger charge is 2.14. The van der Waals surface area contributed by atoms with Crippen LogP contribution in [0.1, 0.15) is 5.76 Å². The number of rotatable bonds is 7. The number of nitrogens with zero attached hydrogens (tertiary/aromatic N) is 2. The number of hydrazone groups is 1. The van der Waals surface area contributed by atoms with Crippen molar-refractivity contribution in [1.29, 1.82) is 0 Å². The van der Waals surface area contributed by atoms with Crippen LogP contribution < -0.4 is 10.2 Å². The van der Waals surface area contributed by atoms with E-state index < -0.39 is 17.4 Å². The Morgan fingerprint density at radius 3 is 2.82 bits per heavy atom. The Bertz CT molecular complexity index is 1030. The fraction of sp³-hybridized carbons (Fsp3) is 0.0526. The van der Waals surface area contributed by atoms with Crippen molar-refractivity contribution in [2.24, 2.45) is 5.10 Å². The average molecular weight is 400 g/mol. The lowest BCUT2D eigenvalue weighted by molar-refractivity contribution is -0.385. The van der Waals surface area contributed by atoms with Gasteiger partial charge in [-0.25, -0.2) is 5.43 Å². The minimum absolute atomic E-state index is 0.00354. The van der Waals surface area contributed by atoms with Crippen LogP contribution in [0.15, 0.2) is 70.2 Å². The van der Waals surface area contributed by atoms with Crippen molar-refractivity contribution in [3.8, 4) is 17.1 Å². The van der Waals surface area contributed by atoms with E-state index in [1.807, 2.05) is 12.1 Å². The van der Waals surface area contributed by atoms with Gasteiger partial charge < -0.3 is 9.15 Å². The SMILES string of the molecule is O=C(COc1ccccc1[N+](=O)[O-])N/N=C/c1ccc(-c2cccc(Cl)c2)o1. The number of nitrogens with one attached hydrogen (secondary N) is 1. The van der Waals surface area contributed by atoms with Gasteiger partial charge in [-0.2, -0.15) is 5.10 Å². The van der Waals surface area contributed by atoms with E-state index in [2.05, 4.69) is 10.5 Å². The van der Waals surface area contributed by atoms with Crippen LogP contribution in [0.4, 0.5) is 5.69 Å². The molecular formula is C19H14ClN3O5. The first-order valence-electron chi connectivity index (χ1n) is 8.07. The molecule has 0 aliphatic heterocycles. The molecule has 9 heteroatoms. The van der Waals surface area contributed by atoms with Crippen molar-refractivity contribution in [2.45, 2.75) is 0 Å². The number of nitro benzene ring substituents is 1. The fourth-order valence-electron chi connectivity index (χ4n) is 2.29. The van der Waals surface area contributed by atoms with Gasteiger partial charge in [0, 0.05) is 16.7 Å². The van der Waals surface area contributed by atoms with Crippen LogP contribution >= 0.6 is 11.6 Å². The number of amides is 1. The van der Waals surface area contributed by atoms with E-state index in [1.165, 1.54) is 24.4 Å². The van der Waals surface area contributed by atoms with E-state index in [4.69, 9.17) is 20.8 Å². The van der Waals surface area contributed by atoms with Gasteiger partial charge in [-0.3, -0.25) is 14.9 Å². The van der Waals surface area contributed by atoms with Crippen LogP contribution in [0.5, 0.6) is 5.75 Å². The normalized spacial score (nSPS) is 10.8. The van der Waals surface area contributed by atoms with Crippen molar-refractivity contribution < 1.29 is 18.9 Å². The highest BCUT2D eigenvalue weighted by Crippen LogP contribution is 2.26. The Hall–Kier alpha value is -3.65. The van der Waals surface area contributed by atoms with Gasteiger partial charge >= 0.3 is 5.69 Å². The average Bonchev–Trinajstić information content (AvgIpc) is 3.15. The second kappa shape index (κ2) is 8.83. The zero-order valence-corrected chi connectivity index (χ0v) is 15.1. The van der Waals surface area contributed by atoms with Gasteiger partial charge in [0.1, 0.15) is 11.5 Å². The standard InChI is InChI=1S/C19H14ClN3O5/c20-14-5-3-4-13(10-14)17-9-8-15(28-17)11-21-22-19(24)12-27-18-7-2-1-6-16(18)23(25)26/h1-11H,12H2,(H,22,24)/b21-11+. The first-order valence-corrected chi connectivity index (χ1v) is 8.44. The molecule has 3 rings (SSSR count). The summed E-state index contributed by atoms with van der Waals surface area (Å²) in [5.41, 5.74) is 2.86. The van der Waals surface area contributed by atoms with E-state index in [0.717, 1.165) is 5.56 Å². The summed E-state index contributed by atoms with van der Waals surface area (Å²) in [6.07, 6.45) is 1.33. The van der Waals surface area contributed by atoms with Gasteiger partial charge in [0.25, 0.3) is 5.91 Å². The molecule has 3 aromatic rings. The van der Waals surface area contributed by atoms with E-state index in [-0.39, 0.29) is 11.4 Å². The number of benzene rings is 2. The molecule has 0 aliphatic rings. The summed E-state index contributed by atoms with van der Waals surface area (Å²) >= 11 is 5.96. The highest BCUT2D eigenvalue weighted by atomic mass is 35.5. The molecule has 1 amide bonds. The predicted octanol–water partition coefficient (Wildman–Crippen LogP) is 4.04. The van der Waals surface area contributed by atoms with Crippen molar-refractivity contribution >= 4 is 29.4 Å². The Morgan fingerprint density at radius 1 is 1.21 bits per heavy atom. The fourth-order valence-corrected chi connectivity index (χ4v) is 2.48. The molecule has 0 aliphatic carbocycles. The quantitative estimate of drug-likeness (QED) is 0.366. The molecule has 0 fully saturated rings. The zero-order valence-electron chi connectivity index (χ0n) is 14.4. The van der Waals surface area contributed by atoms with Crippen LogP contribution in [0.2, 0.25) is 5.02 Å². The monoisotopic (exact) mass is 399 g/mol. The number of ether oxygens (including phenoxy) is 1. The lowest BCUT2D eigenvalue weighted by atomic mass is 10.2. The van der Waals surface area contributed by atoms with Crippen LogP contribution in [0.25, 0.3) is 11.3 Å². The molecule has 0 radical (unpaired) electrons. The van der Waals surface area contributed by atoms with Gasteiger partial charge in [-0.1, -0.05) is 35.9 Å². The number of halogens is 1. The number of furan rings is 1. The lowest BCUT2D eigenvalue weighted by Gasteiger charge is -2.05. The smallest absolute Gasteiger partial charge is 0.310 e. The number of carbonyl (C=O) groups excluding carboxylic acids is 1. The number of hydrogen-bond acceptors (Lipinski definition) is 6. The third kappa shape index (κ3) is 4.95. The lowest BCUT2D eigenvalue weighted by Crippen LogP contribution is -2.24. The van der Waals surface area contributed by atoms with E-state index >= 15 is 0 Å². The molecule has 1 N–H and O–H groups in total. The molecule has 28 heavy (non-hydrogen) atoms. The van der Waals surface area contributed by atoms with Gasteiger partial charge in [0.2, 0.25) is 0 Å². The minimum atomic E-state index is -0.584. The zero-order chi connectivity index (χ0) is 19.9. The maximum Gasteiger partial charge on any atom is 0.310 e. The molecule has 0 atom stereocenters. The second-order valence-electron chi connectivity index (χ2n) is 5.52. The summed E-state index contributed by atoms with van der Waals surface area (Å²) in [4.78, 5) is 22.1. The van der Waals surface area contributed by atoms with Crippen molar-refractivity contribution in [1.82, 2.24) is 5.43 Å². The summed E-state index contributed by atoms with van der Waals surface area (Å²) in [5, 5.41) is 15.3. The molecule has 0 spiro atoms. The summed E-state index contributed by atoms with van der Waals surface area (Å²) in [6.45, 7) is -0.423. The third-order valence-electron chi connectivity index (χ3n) is 3.54. The van der Waals surface area contributed by atoms with E-state index in [9.17, 15) is 14.9 Å². The number of nitro groups is 1. The molecule has 2 aromatic carbocycles. The van der Waals surface area contributed by atoms with Crippen molar-refractivity contribution in [3.63, 3.8) is 0 Å². The molecule has 8 nitrogen and oxygen atoms in total. The highest BCUT2D eigenvalue weighted by molar-refractivity contribution is 6.30. The minimum Gasteiger partial charge on any atom is -0.477 e. The van der Waals surface area contributed by atoms with Crippen LogP contribution in [0.3, 0.4) is 0 Å². The predicted molar refractivity (Wildman–Crippen MR) is 103 cm³/mol. The maximum atomic E-state index is 11.8. The van der Waals surface area contributed by atoms with Crippen molar-refractivity contribution in [2.75, 3.05) is 6.61 Å². The largest absolute Gasteiger partial charge is 0.477 e. The van der Waals surface area contributed by atoms with Gasteiger partial charge in [-0.15, -0.1) is 0 Å². The molecule has 0 bridgehead atoms. The first-order chi connectivity index (χ1) is 13.5. The topological polar surface area (TPSA) is 107 Å². The van der Waals surface area contributed by atoms with Crippen molar-refractivity contribution in [3.05, 3.63) is 81.6 Å². The summed E-state index contributed by atoms with van der Waals surface area (Å²) in [7, 11) is 0. The molecule has 142 valence electrons. The molecule has 1 aromatic heterocycles. The maximum absolute atomic E-state index is 11.8. The Labute approximate surface area is 164 Å². The molecule has 0 saturated carbocycles. The van der Waals surface area contributed by atoms with Gasteiger partial charge in [-0.05, 0) is 30.3 Å². The number of para-hydroxylation sites is 2. The summed E-state index contributed by atoms with van der Waals surface area (Å²) in [6, 6.07) is 16.4. The van der Waals surface area contributed by atoms with Crippen LogP contribution in [-0.2, 0) is 4.79 Å². The summed E-state index contributed by atoms with van der Waals surface area (Å²) < 4.78 is 10.8. The Kier molecular flexibility index (Phi) is 6.03. The number of carbonyl (C=O) groups is 1. The molecule has 0 saturated heterocycles. The summed E-state index contributed by atoms with van der Waals surface area (Å²) in [5.74, 6) is 0.463. The molecular weight excluding hydrogens is 386 g/mol. The second-order valence-corrected chi connectivity index (χ2v) is 5.96.